The van der Waals surface area contributed by atoms with Crippen LogP contribution in [0, 0.1) is 29.9 Å². The largest absolute Gasteiger partial charge is 0.480 e. The smallest absolute Gasteiger partial charge is 0.326 e. The third kappa shape index (κ3) is 3.77. The number of carbonyl (C=O) groups is 2. The molecule has 1 aromatic heterocycles. The van der Waals surface area contributed by atoms with Crippen molar-refractivity contribution < 1.29 is 19.6 Å². The van der Waals surface area contributed by atoms with E-state index in [0.29, 0.717) is 0 Å². The van der Waals surface area contributed by atoms with Crippen LogP contribution in [-0.4, -0.2) is 37.7 Å². The Morgan fingerprint density at radius 3 is 2.38 bits per heavy atom. The van der Waals surface area contributed by atoms with Gasteiger partial charge in [-0.2, -0.15) is 5.10 Å². The number of hydrogen-bond donors (Lipinski definition) is 2. The van der Waals surface area contributed by atoms with E-state index in [1.165, 1.54) is 18.5 Å². The van der Waals surface area contributed by atoms with Crippen molar-refractivity contribution in [1.82, 2.24) is 15.1 Å². The second kappa shape index (κ2) is 6.33. The number of carboxylic acid groups (broad SMARTS) is 1. The van der Waals surface area contributed by atoms with Crippen LogP contribution in [-0.2, 0) is 16.1 Å². The Hall–Kier alpha value is -2.45. The average molecular weight is 298 g/mol. The molecule has 1 amide bonds. The van der Waals surface area contributed by atoms with Crippen LogP contribution in [0.3, 0.4) is 0 Å². The fourth-order valence-electron chi connectivity index (χ4n) is 1.97. The number of nitro groups is 1. The summed E-state index contributed by atoms with van der Waals surface area (Å²) in [4.78, 5) is 33.2. The number of rotatable bonds is 6. The van der Waals surface area contributed by atoms with Gasteiger partial charge in [0.15, 0.2) is 0 Å². The lowest BCUT2D eigenvalue weighted by Gasteiger charge is -2.17. The van der Waals surface area contributed by atoms with Crippen molar-refractivity contribution in [2.45, 2.75) is 40.3 Å². The predicted molar refractivity (Wildman–Crippen MR) is 72.8 cm³/mol. The monoisotopic (exact) mass is 298 g/mol. The van der Waals surface area contributed by atoms with Crippen molar-refractivity contribution in [1.29, 1.82) is 0 Å². The van der Waals surface area contributed by atoms with Crippen molar-refractivity contribution in [2.75, 3.05) is 0 Å². The summed E-state index contributed by atoms with van der Waals surface area (Å²) < 4.78 is 1.20. The molecule has 9 heteroatoms. The highest BCUT2D eigenvalue weighted by Gasteiger charge is 2.26. The minimum absolute atomic E-state index is 0.138. The maximum atomic E-state index is 11.9. The predicted octanol–water partition coefficient (Wildman–Crippen LogP) is 0.634. The molecule has 1 heterocycles. The summed E-state index contributed by atoms with van der Waals surface area (Å²) in [6.45, 7) is 6.05. The number of carbonyl (C=O) groups excluding carboxylic acids is 1. The summed E-state index contributed by atoms with van der Waals surface area (Å²) in [5.74, 6) is -1.96. The van der Waals surface area contributed by atoms with Gasteiger partial charge in [0, 0.05) is 0 Å². The Bertz CT molecular complexity index is 578. The van der Waals surface area contributed by atoms with Gasteiger partial charge >= 0.3 is 11.7 Å². The number of aryl methyl sites for hydroxylation is 1. The highest BCUT2D eigenvalue weighted by atomic mass is 16.6. The number of aliphatic carboxylic acids is 1. The standard InChI is InChI=1S/C12H18N4O5/c1-6(2)10(12(18)19)13-9(17)5-15-8(4)11(16(20)21)7(3)14-15/h6,10H,5H2,1-4H3,(H,13,17)(H,18,19)/t10-/m1/s1. The molecule has 0 aliphatic heterocycles. The SMILES string of the molecule is Cc1nn(CC(=O)N[C@@H](C(=O)O)C(C)C)c(C)c1[N+](=O)[O-]. The van der Waals surface area contributed by atoms with E-state index in [-0.39, 0.29) is 29.5 Å². The van der Waals surface area contributed by atoms with Gasteiger partial charge in [-0.3, -0.25) is 19.6 Å². The van der Waals surface area contributed by atoms with Crippen LogP contribution < -0.4 is 5.32 Å². The van der Waals surface area contributed by atoms with E-state index in [4.69, 9.17) is 5.11 Å². The minimum atomic E-state index is -1.13. The van der Waals surface area contributed by atoms with Crippen molar-refractivity contribution >= 4 is 17.6 Å². The molecule has 0 spiro atoms. The molecule has 21 heavy (non-hydrogen) atoms. The van der Waals surface area contributed by atoms with E-state index < -0.39 is 22.8 Å². The van der Waals surface area contributed by atoms with Gasteiger partial charge < -0.3 is 10.4 Å². The van der Waals surface area contributed by atoms with Crippen molar-refractivity contribution in [2.24, 2.45) is 5.92 Å². The third-order valence-corrected chi connectivity index (χ3v) is 3.07. The van der Waals surface area contributed by atoms with Gasteiger partial charge in [-0.05, 0) is 19.8 Å². The number of carboxylic acids is 1. The molecule has 0 aromatic carbocycles. The normalized spacial score (nSPS) is 12.2. The van der Waals surface area contributed by atoms with Crippen LogP contribution in [0.5, 0.6) is 0 Å². The van der Waals surface area contributed by atoms with Gasteiger partial charge in [0.05, 0.1) is 4.92 Å². The van der Waals surface area contributed by atoms with Crippen LogP contribution in [0.1, 0.15) is 25.2 Å². The summed E-state index contributed by atoms with van der Waals surface area (Å²) in [5, 5.41) is 26.2. The first-order valence-electron chi connectivity index (χ1n) is 6.35. The molecular formula is C12H18N4O5. The average Bonchev–Trinajstić information content (AvgIpc) is 2.60. The zero-order valence-corrected chi connectivity index (χ0v) is 12.3. The molecule has 0 fully saturated rings. The van der Waals surface area contributed by atoms with Gasteiger partial charge in [-0.25, -0.2) is 4.79 Å². The Morgan fingerprint density at radius 1 is 1.43 bits per heavy atom. The van der Waals surface area contributed by atoms with Gasteiger partial charge in [-0.1, -0.05) is 13.8 Å². The lowest BCUT2D eigenvalue weighted by molar-refractivity contribution is -0.386. The third-order valence-electron chi connectivity index (χ3n) is 3.07. The molecule has 0 aliphatic carbocycles. The lowest BCUT2D eigenvalue weighted by atomic mass is 10.1. The van der Waals surface area contributed by atoms with E-state index in [9.17, 15) is 19.7 Å². The molecule has 0 bridgehead atoms. The molecule has 0 radical (unpaired) electrons. The Balaban J connectivity index is 2.87. The zero-order chi connectivity index (χ0) is 16.3. The highest BCUT2D eigenvalue weighted by molar-refractivity contribution is 5.83. The van der Waals surface area contributed by atoms with E-state index in [0.717, 1.165) is 0 Å². The van der Waals surface area contributed by atoms with Crippen LogP contribution >= 0.6 is 0 Å². The number of hydrogen-bond acceptors (Lipinski definition) is 5. The first-order chi connectivity index (χ1) is 9.65. The molecule has 1 rings (SSSR count). The summed E-state index contributed by atoms with van der Waals surface area (Å²) >= 11 is 0. The molecule has 0 aliphatic rings. The fourth-order valence-corrected chi connectivity index (χ4v) is 1.97. The molecule has 0 saturated heterocycles. The molecule has 1 aromatic rings. The van der Waals surface area contributed by atoms with E-state index in [1.54, 1.807) is 13.8 Å². The lowest BCUT2D eigenvalue weighted by Crippen LogP contribution is -2.45. The number of nitrogens with one attached hydrogen (secondary N) is 1. The fraction of sp³-hybridized carbons (Fsp3) is 0.583. The molecule has 2 N–H and O–H groups in total. The van der Waals surface area contributed by atoms with Crippen LogP contribution in [0.25, 0.3) is 0 Å². The van der Waals surface area contributed by atoms with Gasteiger partial charge in [0.25, 0.3) is 0 Å². The second-order valence-electron chi connectivity index (χ2n) is 5.06. The van der Waals surface area contributed by atoms with E-state index in [2.05, 4.69) is 10.4 Å². The van der Waals surface area contributed by atoms with Crippen molar-refractivity contribution in [3.63, 3.8) is 0 Å². The summed E-state index contributed by atoms with van der Waals surface area (Å²) in [6, 6.07) is -1.01. The highest BCUT2D eigenvalue weighted by Crippen LogP contribution is 2.21. The summed E-state index contributed by atoms with van der Waals surface area (Å²) in [7, 11) is 0. The molecule has 0 unspecified atom stereocenters. The summed E-state index contributed by atoms with van der Waals surface area (Å²) in [6.07, 6.45) is 0. The van der Waals surface area contributed by atoms with Gasteiger partial charge in [-0.15, -0.1) is 0 Å². The van der Waals surface area contributed by atoms with Crippen molar-refractivity contribution in [3.8, 4) is 0 Å². The number of aromatic nitrogens is 2. The van der Waals surface area contributed by atoms with Crippen molar-refractivity contribution in [3.05, 3.63) is 21.5 Å². The van der Waals surface area contributed by atoms with Gasteiger partial charge in [0.1, 0.15) is 24.0 Å². The Labute approximate surface area is 121 Å². The van der Waals surface area contributed by atoms with Crippen LogP contribution in [0.2, 0.25) is 0 Å². The Kier molecular flexibility index (Phi) is 5.01. The Morgan fingerprint density at radius 2 is 2.00 bits per heavy atom. The molecule has 1 atom stereocenters. The van der Waals surface area contributed by atoms with Gasteiger partial charge in [0.2, 0.25) is 5.91 Å². The topological polar surface area (TPSA) is 127 Å². The molecular weight excluding hydrogens is 280 g/mol. The quantitative estimate of drug-likeness (QED) is 0.585. The number of amides is 1. The maximum Gasteiger partial charge on any atom is 0.326 e. The second-order valence-corrected chi connectivity index (χ2v) is 5.06. The van der Waals surface area contributed by atoms with Crippen LogP contribution in [0.15, 0.2) is 0 Å². The molecule has 0 saturated carbocycles. The molecule has 9 nitrogen and oxygen atoms in total. The van der Waals surface area contributed by atoms with E-state index in [1.807, 2.05) is 0 Å². The molecule has 116 valence electrons. The maximum absolute atomic E-state index is 11.9. The van der Waals surface area contributed by atoms with Crippen LogP contribution in [0.4, 0.5) is 5.69 Å². The van der Waals surface area contributed by atoms with E-state index >= 15 is 0 Å². The summed E-state index contributed by atoms with van der Waals surface area (Å²) in [5.41, 5.74) is 0.328. The first kappa shape index (κ1) is 16.6. The first-order valence-corrected chi connectivity index (χ1v) is 6.35. The number of nitrogens with zero attached hydrogens (tertiary/aromatic N) is 3. The minimum Gasteiger partial charge on any atom is -0.480 e. The zero-order valence-electron chi connectivity index (χ0n) is 12.3.